The first-order valence-electron chi connectivity index (χ1n) is 9.30. The standard InChI is InChI=1S/C22H19ClFN3O4/c1-29-18-7-12(8-19(30-2)22(18)31-3)17-11-20-25-13(10-21(28)27(20)26-17)9-14-15(23)5-4-6-16(14)24/h4-8,10-11,26H,9H2,1-3H3. The summed E-state index contributed by atoms with van der Waals surface area (Å²) in [7, 11) is 4.58. The van der Waals surface area contributed by atoms with Crippen LogP contribution in [-0.4, -0.2) is 35.9 Å². The van der Waals surface area contributed by atoms with Crippen LogP contribution in [0.2, 0.25) is 5.02 Å². The molecule has 0 spiro atoms. The van der Waals surface area contributed by atoms with Gasteiger partial charge >= 0.3 is 0 Å². The molecule has 0 aliphatic carbocycles. The van der Waals surface area contributed by atoms with Crippen LogP contribution >= 0.6 is 11.6 Å². The zero-order valence-electron chi connectivity index (χ0n) is 17.0. The second-order valence-corrected chi connectivity index (χ2v) is 7.15. The Balaban J connectivity index is 1.79. The fraction of sp³-hybridized carbons (Fsp3) is 0.182. The van der Waals surface area contributed by atoms with Gasteiger partial charge in [-0.15, -0.1) is 0 Å². The Hall–Kier alpha value is -3.52. The molecule has 2 aromatic heterocycles. The summed E-state index contributed by atoms with van der Waals surface area (Å²) in [5.41, 5.74) is 2.08. The van der Waals surface area contributed by atoms with Crippen LogP contribution in [0, 0.1) is 5.82 Å². The fourth-order valence-electron chi connectivity index (χ4n) is 3.40. The molecule has 4 rings (SSSR count). The van der Waals surface area contributed by atoms with Crippen LogP contribution in [0.15, 0.2) is 47.3 Å². The first-order valence-corrected chi connectivity index (χ1v) is 9.68. The predicted molar refractivity (Wildman–Crippen MR) is 115 cm³/mol. The van der Waals surface area contributed by atoms with Crippen molar-refractivity contribution in [3.63, 3.8) is 0 Å². The van der Waals surface area contributed by atoms with Gasteiger partial charge in [0.25, 0.3) is 5.56 Å². The molecule has 7 nitrogen and oxygen atoms in total. The van der Waals surface area contributed by atoms with Gasteiger partial charge in [0.15, 0.2) is 17.1 Å². The van der Waals surface area contributed by atoms with E-state index in [1.54, 1.807) is 24.3 Å². The lowest BCUT2D eigenvalue weighted by Gasteiger charge is -2.13. The smallest absolute Gasteiger partial charge is 0.272 e. The van der Waals surface area contributed by atoms with E-state index in [1.165, 1.54) is 44.0 Å². The van der Waals surface area contributed by atoms with Crippen molar-refractivity contribution in [3.8, 4) is 28.5 Å². The second-order valence-electron chi connectivity index (χ2n) is 6.74. The molecule has 0 amide bonds. The molecule has 0 fully saturated rings. The van der Waals surface area contributed by atoms with Gasteiger partial charge in [0.1, 0.15) is 5.82 Å². The molecule has 1 N–H and O–H groups in total. The number of H-pyrrole nitrogens is 1. The number of hydrogen-bond acceptors (Lipinski definition) is 5. The normalized spacial score (nSPS) is 11.0. The molecule has 2 aromatic carbocycles. The zero-order valence-corrected chi connectivity index (χ0v) is 17.8. The highest BCUT2D eigenvalue weighted by atomic mass is 35.5. The summed E-state index contributed by atoms with van der Waals surface area (Å²) in [4.78, 5) is 17.1. The van der Waals surface area contributed by atoms with E-state index in [2.05, 4.69) is 10.1 Å². The van der Waals surface area contributed by atoms with E-state index in [0.717, 1.165) is 0 Å². The molecular weight excluding hydrogens is 425 g/mol. The SMILES string of the molecule is COc1cc(-c2cc3nc(Cc4c(F)cccc4Cl)cc(=O)n3[nH]2)cc(OC)c1OC. The van der Waals surface area contributed by atoms with E-state index < -0.39 is 5.82 Å². The van der Waals surface area contributed by atoms with Crippen LogP contribution in [0.4, 0.5) is 4.39 Å². The molecular formula is C22H19ClFN3O4. The molecule has 0 bridgehead atoms. The van der Waals surface area contributed by atoms with Gasteiger partial charge in [0.05, 0.1) is 32.7 Å². The topological polar surface area (TPSA) is 77.8 Å². The molecule has 0 atom stereocenters. The van der Waals surface area contributed by atoms with Gasteiger partial charge in [0.2, 0.25) is 5.75 Å². The molecule has 31 heavy (non-hydrogen) atoms. The van der Waals surface area contributed by atoms with Gasteiger partial charge < -0.3 is 14.2 Å². The number of nitrogens with one attached hydrogen (secondary N) is 1. The summed E-state index contributed by atoms with van der Waals surface area (Å²) in [5, 5.41) is 3.31. The first kappa shape index (κ1) is 20.7. The monoisotopic (exact) mass is 443 g/mol. The van der Waals surface area contributed by atoms with E-state index in [0.29, 0.717) is 45.4 Å². The summed E-state index contributed by atoms with van der Waals surface area (Å²) in [5.74, 6) is 0.974. The highest BCUT2D eigenvalue weighted by molar-refractivity contribution is 6.31. The number of aromatic amines is 1. The quantitative estimate of drug-likeness (QED) is 0.485. The van der Waals surface area contributed by atoms with Crippen molar-refractivity contribution >= 4 is 17.2 Å². The number of halogens is 2. The van der Waals surface area contributed by atoms with Crippen molar-refractivity contribution in [1.82, 2.24) is 14.6 Å². The lowest BCUT2D eigenvalue weighted by molar-refractivity contribution is 0.324. The maximum absolute atomic E-state index is 14.1. The van der Waals surface area contributed by atoms with Gasteiger partial charge in [-0.05, 0) is 24.3 Å². The van der Waals surface area contributed by atoms with E-state index in [-0.39, 0.29) is 17.0 Å². The Morgan fingerprint density at radius 1 is 1.06 bits per heavy atom. The highest BCUT2D eigenvalue weighted by Gasteiger charge is 2.17. The van der Waals surface area contributed by atoms with Crippen molar-refractivity contribution in [2.24, 2.45) is 0 Å². The van der Waals surface area contributed by atoms with Gasteiger partial charge in [-0.25, -0.2) is 13.9 Å². The number of ether oxygens (including phenoxy) is 3. The van der Waals surface area contributed by atoms with Crippen molar-refractivity contribution in [2.75, 3.05) is 21.3 Å². The van der Waals surface area contributed by atoms with Crippen LogP contribution in [0.25, 0.3) is 16.9 Å². The van der Waals surface area contributed by atoms with Gasteiger partial charge in [-0.1, -0.05) is 17.7 Å². The number of hydrogen-bond donors (Lipinski definition) is 1. The maximum atomic E-state index is 14.1. The minimum atomic E-state index is -0.443. The Labute approximate surface area is 182 Å². The average Bonchev–Trinajstić information content (AvgIpc) is 3.20. The molecule has 0 saturated carbocycles. The predicted octanol–water partition coefficient (Wildman–Crippen LogP) is 4.10. The second kappa shape index (κ2) is 8.31. The molecule has 0 radical (unpaired) electrons. The molecule has 0 aliphatic heterocycles. The van der Waals surface area contributed by atoms with Crippen molar-refractivity contribution in [3.05, 3.63) is 74.9 Å². The number of fused-ring (bicyclic) bond motifs is 1. The zero-order chi connectivity index (χ0) is 22.1. The van der Waals surface area contributed by atoms with Gasteiger partial charge in [-0.2, -0.15) is 0 Å². The lowest BCUT2D eigenvalue weighted by atomic mass is 10.1. The number of benzene rings is 2. The van der Waals surface area contributed by atoms with Crippen molar-refractivity contribution in [2.45, 2.75) is 6.42 Å². The summed E-state index contributed by atoms with van der Waals surface area (Å²) in [6.07, 6.45) is 0.0991. The van der Waals surface area contributed by atoms with E-state index in [1.807, 2.05) is 0 Å². The highest BCUT2D eigenvalue weighted by Crippen LogP contribution is 2.40. The van der Waals surface area contributed by atoms with Crippen molar-refractivity contribution in [1.29, 1.82) is 0 Å². The molecule has 9 heteroatoms. The van der Waals surface area contributed by atoms with Gasteiger partial charge in [0, 0.05) is 34.7 Å². The Kier molecular flexibility index (Phi) is 5.56. The largest absolute Gasteiger partial charge is 0.493 e. The van der Waals surface area contributed by atoms with Gasteiger partial charge in [-0.3, -0.25) is 9.89 Å². The average molecular weight is 444 g/mol. The summed E-state index contributed by atoms with van der Waals surface area (Å²) >= 11 is 6.11. The van der Waals surface area contributed by atoms with Crippen LogP contribution in [0.5, 0.6) is 17.2 Å². The van der Waals surface area contributed by atoms with E-state index in [9.17, 15) is 9.18 Å². The Bertz CT molecular complexity index is 1290. The molecule has 160 valence electrons. The molecule has 0 unspecified atom stereocenters. The van der Waals surface area contributed by atoms with Crippen LogP contribution in [0.3, 0.4) is 0 Å². The minimum absolute atomic E-state index is 0.0991. The number of aromatic nitrogens is 3. The summed E-state index contributed by atoms with van der Waals surface area (Å²) in [6.45, 7) is 0. The third-order valence-corrected chi connectivity index (χ3v) is 5.25. The summed E-state index contributed by atoms with van der Waals surface area (Å²) < 4.78 is 31.6. The van der Waals surface area contributed by atoms with Crippen molar-refractivity contribution < 1.29 is 18.6 Å². The lowest BCUT2D eigenvalue weighted by Crippen LogP contribution is -2.16. The van der Waals surface area contributed by atoms with E-state index in [4.69, 9.17) is 25.8 Å². The number of methoxy groups -OCH3 is 3. The Morgan fingerprint density at radius 3 is 2.39 bits per heavy atom. The van der Waals surface area contributed by atoms with Crippen LogP contribution in [0.1, 0.15) is 11.3 Å². The Morgan fingerprint density at radius 2 is 1.77 bits per heavy atom. The van der Waals surface area contributed by atoms with Crippen LogP contribution in [-0.2, 0) is 6.42 Å². The first-order chi connectivity index (χ1) is 14.9. The van der Waals surface area contributed by atoms with Crippen LogP contribution < -0.4 is 19.8 Å². The molecule has 4 aromatic rings. The molecule has 2 heterocycles. The minimum Gasteiger partial charge on any atom is -0.493 e. The molecule has 0 saturated heterocycles. The third kappa shape index (κ3) is 3.82. The summed E-state index contributed by atoms with van der Waals surface area (Å²) in [6, 6.07) is 11.0. The van der Waals surface area contributed by atoms with E-state index >= 15 is 0 Å². The third-order valence-electron chi connectivity index (χ3n) is 4.90. The number of nitrogens with zero attached hydrogens (tertiary/aromatic N) is 2. The molecule has 0 aliphatic rings. The fourth-order valence-corrected chi connectivity index (χ4v) is 3.63. The maximum Gasteiger partial charge on any atom is 0.272 e. The number of rotatable bonds is 6.